The van der Waals surface area contributed by atoms with E-state index in [1.807, 2.05) is 6.07 Å². The lowest BCUT2D eigenvalue weighted by Gasteiger charge is -2.44. The molecule has 1 amide bonds. The van der Waals surface area contributed by atoms with Crippen LogP contribution in [0, 0.1) is 5.92 Å². The number of nitrogens with zero attached hydrogens (tertiary/aromatic N) is 1. The second kappa shape index (κ2) is 10.0. The van der Waals surface area contributed by atoms with Crippen LogP contribution in [0.15, 0.2) is 18.2 Å². The fraction of sp³-hybridized carbons (Fsp3) is 0.708. The summed E-state index contributed by atoms with van der Waals surface area (Å²) in [5, 5.41) is 0. The van der Waals surface area contributed by atoms with Crippen LogP contribution in [0.2, 0.25) is 0 Å². The van der Waals surface area contributed by atoms with Gasteiger partial charge in [0, 0.05) is 18.2 Å². The number of piperidine rings is 1. The van der Waals surface area contributed by atoms with Crippen LogP contribution in [0.25, 0.3) is 0 Å². The number of quaternary nitrogens is 2. The normalized spacial score (nSPS) is 29.2. The van der Waals surface area contributed by atoms with Crippen LogP contribution >= 0.6 is 0 Å². The third-order valence-electron chi connectivity index (χ3n) is 7.53. The Morgan fingerprint density at radius 1 is 0.967 bits per heavy atom. The van der Waals surface area contributed by atoms with E-state index < -0.39 is 0 Å². The lowest BCUT2D eigenvalue weighted by molar-refractivity contribution is -1.02. The number of ether oxygens (including phenoxy) is 2. The van der Waals surface area contributed by atoms with Gasteiger partial charge >= 0.3 is 0 Å². The average molecular weight is 418 g/mol. The van der Waals surface area contributed by atoms with Crippen LogP contribution in [0.3, 0.4) is 0 Å². The van der Waals surface area contributed by atoms with Crippen LogP contribution in [0.5, 0.6) is 11.5 Å². The first-order valence-corrected chi connectivity index (χ1v) is 11.9. The molecule has 166 valence electrons. The Hall–Kier alpha value is -1.79. The Kier molecular flexibility index (Phi) is 7.16. The minimum atomic E-state index is 0.407. The van der Waals surface area contributed by atoms with Crippen LogP contribution in [0.4, 0.5) is 0 Å². The minimum absolute atomic E-state index is 0.407. The van der Waals surface area contributed by atoms with Gasteiger partial charge in [-0.05, 0) is 49.8 Å². The van der Waals surface area contributed by atoms with E-state index in [9.17, 15) is 4.79 Å². The SMILES string of the molecule is COc1ccc(C[NH+]2CC[NH+](CC(=O)N3CCC[C@@H]4CCCC[C@H]43)CC2)cc1OC. The van der Waals surface area contributed by atoms with Gasteiger partial charge in [0.05, 0.1) is 14.2 Å². The van der Waals surface area contributed by atoms with E-state index in [1.54, 1.807) is 19.1 Å². The number of likely N-dealkylation sites (tertiary alicyclic amines) is 1. The van der Waals surface area contributed by atoms with Crippen molar-refractivity contribution in [3.8, 4) is 11.5 Å². The van der Waals surface area contributed by atoms with E-state index in [0.717, 1.165) is 56.7 Å². The molecule has 3 fully saturated rings. The van der Waals surface area contributed by atoms with Crippen molar-refractivity contribution in [3.05, 3.63) is 23.8 Å². The van der Waals surface area contributed by atoms with Gasteiger partial charge in [0.1, 0.15) is 32.7 Å². The number of hydrogen-bond acceptors (Lipinski definition) is 3. The molecule has 2 aliphatic heterocycles. The van der Waals surface area contributed by atoms with Gasteiger partial charge in [0.15, 0.2) is 18.0 Å². The number of piperazine rings is 1. The molecule has 1 aromatic carbocycles. The summed E-state index contributed by atoms with van der Waals surface area (Å²) in [6.45, 7) is 7.06. The van der Waals surface area contributed by atoms with Crippen LogP contribution < -0.4 is 19.3 Å². The number of rotatable bonds is 6. The molecule has 0 aromatic heterocycles. The van der Waals surface area contributed by atoms with Gasteiger partial charge in [-0.15, -0.1) is 0 Å². The Balaban J connectivity index is 1.26. The summed E-state index contributed by atoms with van der Waals surface area (Å²) in [4.78, 5) is 18.4. The molecule has 0 unspecified atom stereocenters. The second-order valence-electron chi connectivity index (χ2n) is 9.38. The zero-order valence-corrected chi connectivity index (χ0v) is 18.8. The van der Waals surface area contributed by atoms with E-state index in [2.05, 4.69) is 17.0 Å². The zero-order valence-electron chi connectivity index (χ0n) is 18.8. The van der Waals surface area contributed by atoms with Gasteiger partial charge in [-0.1, -0.05) is 12.8 Å². The molecule has 6 heteroatoms. The number of methoxy groups -OCH3 is 2. The molecule has 3 aliphatic rings. The van der Waals surface area contributed by atoms with Gasteiger partial charge in [-0.2, -0.15) is 0 Å². The molecule has 2 heterocycles. The predicted molar refractivity (Wildman–Crippen MR) is 116 cm³/mol. The smallest absolute Gasteiger partial charge is 0.278 e. The average Bonchev–Trinajstić information content (AvgIpc) is 2.79. The molecule has 1 aliphatic carbocycles. The third-order valence-corrected chi connectivity index (χ3v) is 7.53. The molecule has 0 bridgehead atoms. The maximum Gasteiger partial charge on any atom is 0.278 e. The first kappa shape index (κ1) is 21.4. The summed E-state index contributed by atoms with van der Waals surface area (Å²) in [5.41, 5.74) is 1.28. The first-order chi connectivity index (χ1) is 14.7. The van der Waals surface area contributed by atoms with E-state index in [0.29, 0.717) is 18.5 Å². The Labute approximate surface area is 181 Å². The molecule has 2 atom stereocenters. The summed E-state index contributed by atoms with van der Waals surface area (Å²) < 4.78 is 10.8. The van der Waals surface area contributed by atoms with Crippen molar-refractivity contribution in [1.29, 1.82) is 0 Å². The van der Waals surface area contributed by atoms with Gasteiger partial charge < -0.3 is 24.2 Å². The molecular formula is C24H39N3O3+2. The van der Waals surface area contributed by atoms with Crippen molar-refractivity contribution in [3.63, 3.8) is 0 Å². The van der Waals surface area contributed by atoms with E-state index in [4.69, 9.17) is 9.47 Å². The van der Waals surface area contributed by atoms with Crippen molar-refractivity contribution < 1.29 is 24.1 Å². The lowest BCUT2D eigenvalue weighted by atomic mass is 9.78. The van der Waals surface area contributed by atoms with Crippen molar-refractivity contribution in [1.82, 2.24) is 4.90 Å². The molecule has 30 heavy (non-hydrogen) atoms. The minimum Gasteiger partial charge on any atom is -0.493 e. The quantitative estimate of drug-likeness (QED) is 0.694. The van der Waals surface area contributed by atoms with E-state index >= 15 is 0 Å². The topological polar surface area (TPSA) is 47.7 Å². The van der Waals surface area contributed by atoms with Crippen molar-refractivity contribution in [2.24, 2.45) is 5.92 Å². The van der Waals surface area contributed by atoms with E-state index in [-0.39, 0.29) is 0 Å². The maximum absolute atomic E-state index is 13.1. The van der Waals surface area contributed by atoms with Crippen molar-refractivity contribution in [2.75, 3.05) is 53.5 Å². The van der Waals surface area contributed by atoms with Crippen LogP contribution in [-0.2, 0) is 11.3 Å². The number of carbonyl (C=O) groups is 1. The monoisotopic (exact) mass is 417 g/mol. The van der Waals surface area contributed by atoms with Crippen molar-refractivity contribution >= 4 is 5.91 Å². The van der Waals surface area contributed by atoms with Gasteiger partial charge in [-0.25, -0.2) is 0 Å². The van der Waals surface area contributed by atoms with E-state index in [1.165, 1.54) is 49.0 Å². The molecule has 0 radical (unpaired) electrons. The van der Waals surface area contributed by atoms with Crippen LogP contribution in [0.1, 0.15) is 44.1 Å². The highest BCUT2D eigenvalue weighted by molar-refractivity contribution is 5.77. The summed E-state index contributed by atoms with van der Waals surface area (Å²) in [7, 11) is 3.36. The highest BCUT2D eigenvalue weighted by Crippen LogP contribution is 2.35. The summed E-state index contributed by atoms with van der Waals surface area (Å²) in [6, 6.07) is 6.75. The summed E-state index contributed by atoms with van der Waals surface area (Å²) >= 11 is 0. The largest absolute Gasteiger partial charge is 0.493 e. The predicted octanol–water partition coefficient (Wildman–Crippen LogP) is 0.168. The fourth-order valence-corrected chi connectivity index (χ4v) is 5.84. The highest BCUT2D eigenvalue weighted by Gasteiger charge is 2.37. The number of hydrogen-bond donors (Lipinski definition) is 2. The Morgan fingerprint density at radius 2 is 1.67 bits per heavy atom. The summed E-state index contributed by atoms with van der Waals surface area (Å²) in [5.74, 6) is 2.76. The molecule has 6 nitrogen and oxygen atoms in total. The van der Waals surface area contributed by atoms with Gasteiger partial charge in [-0.3, -0.25) is 4.79 Å². The standard InChI is InChI=1S/C24H37N3O3/c1-29-22-10-9-19(16-23(22)30-2)17-25-12-14-26(15-13-25)18-24(28)27-11-5-7-20-6-3-4-8-21(20)27/h9-10,16,20-21H,3-8,11-15,17-18H2,1-2H3/p+2/t20-,21+/m0/s1. The third kappa shape index (κ3) is 4.92. The van der Waals surface area contributed by atoms with Crippen molar-refractivity contribution in [2.45, 2.75) is 51.1 Å². The molecule has 4 rings (SSSR count). The Morgan fingerprint density at radius 3 is 2.43 bits per heavy atom. The van der Waals surface area contributed by atoms with Crippen LogP contribution in [-0.4, -0.2) is 70.3 Å². The Bertz CT molecular complexity index is 716. The first-order valence-electron chi connectivity index (χ1n) is 11.9. The lowest BCUT2D eigenvalue weighted by Crippen LogP contribution is -3.28. The zero-order chi connectivity index (χ0) is 20.9. The number of amides is 1. The molecule has 0 spiro atoms. The maximum atomic E-state index is 13.1. The second-order valence-corrected chi connectivity index (χ2v) is 9.38. The van der Waals surface area contributed by atoms with Gasteiger partial charge in [0.2, 0.25) is 0 Å². The number of benzene rings is 1. The molecule has 1 aromatic rings. The number of carbonyl (C=O) groups excluding carboxylic acids is 1. The molecule has 2 saturated heterocycles. The number of fused-ring (bicyclic) bond motifs is 1. The fourth-order valence-electron chi connectivity index (χ4n) is 5.84. The summed E-state index contributed by atoms with van der Waals surface area (Å²) in [6.07, 6.45) is 7.76. The molecular weight excluding hydrogens is 378 g/mol. The highest BCUT2D eigenvalue weighted by atomic mass is 16.5. The van der Waals surface area contributed by atoms with Gasteiger partial charge in [0.25, 0.3) is 5.91 Å². The number of nitrogens with one attached hydrogen (secondary N) is 2. The molecule has 2 N–H and O–H groups in total. The molecule has 1 saturated carbocycles.